The van der Waals surface area contributed by atoms with Crippen molar-refractivity contribution in [3.05, 3.63) is 0 Å². The topological polar surface area (TPSA) is 35.7 Å². The molecule has 0 spiro atoms. The number of rotatable bonds is 8. The highest BCUT2D eigenvalue weighted by Crippen LogP contribution is 2.04. The summed E-state index contributed by atoms with van der Waals surface area (Å²) >= 11 is 0. The lowest BCUT2D eigenvalue weighted by Crippen LogP contribution is -2.37. The first kappa shape index (κ1) is 15.9. The molecule has 4 nitrogen and oxygen atoms in total. The zero-order valence-electron chi connectivity index (χ0n) is 12.4. The predicted octanol–water partition coefficient (Wildman–Crippen LogP) is 0.685. The fraction of sp³-hybridized carbons (Fsp3) is 1.00. The Hall–Kier alpha value is -0.160. The SMILES string of the molecule is CCN(CC)CCN1CCCN(CCCN)CC1. The van der Waals surface area contributed by atoms with Gasteiger partial charge in [-0.05, 0) is 52.1 Å². The Balaban J connectivity index is 2.20. The summed E-state index contributed by atoms with van der Waals surface area (Å²) in [5, 5.41) is 0. The normalized spacial score (nSPS) is 19.3. The van der Waals surface area contributed by atoms with Crippen molar-refractivity contribution in [3.63, 3.8) is 0 Å². The van der Waals surface area contributed by atoms with Gasteiger partial charge >= 0.3 is 0 Å². The lowest BCUT2D eigenvalue weighted by atomic mass is 10.3. The molecule has 0 atom stereocenters. The molecule has 0 aromatic rings. The van der Waals surface area contributed by atoms with Crippen molar-refractivity contribution in [2.24, 2.45) is 5.73 Å². The van der Waals surface area contributed by atoms with Crippen molar-refractivity contribution < 1.29 is 0 Å². The molecular weight excluding hydrogens is 224 g/mol. The second kappa shape index (κ2) is 9.73. The van der Waals surface area contributed by atoms with Crippen LogP contribution in [0.15, 0.2) is 0 Å². The molecule has 0 bridgehead atoms. The van der Waals surface area contributed by atoms with Gasteiger partial charge in [0.2, 0.25) is 0 Å². The monoisotopic (exact) mass is 256 g/mol. The Morgan fingerprint density at radius 3 is 2.11 bits per heavy atom. The molecule has 0 amide bonds. The number of nitrogens with two attached hydrogens (primary N) is 1. The van der Waals surface area contributed by atoms with Crippen LogP contribution in [0.25, 0.3) is 0 Å². The van der Waals surface area contributed by atoms with Gasteiger partial charge in [0.25, 0.3) is 0 Å². The summed E-state index contributed by atoms with van der Waals surface area (Å²) in [6, 6.07) is 0. The van der Waals surface area contributed by atoms with Gasteiger partial charge in [-0.25, -0.2) is 0 Å². The van der Waals surface area contributed by atoms with E-state index in [4.69, 9.17) is 5.73 Å². The lowest BCUT2D eigenvalue weighted by molar-refractivity contribution is 0.213. The molecule has 0 aromatic heterocycles. The van der Waals surface area contributed by atoms with Crippen molar-refractivity contribution in [2.75, 3.05) is 65.4 Å². The van der Waals surface area contributed by atoms with Crippen molar-refractivity contribution >= 4 is 0 Å². The third kappa shape index (κ3) is 6.14. The molecule has 1 heterocycles. The molecule has 0 aliphatic carbocycles. The first-order valence-electron chi connectivity index (χ1n) is 7.67. The van der Waals surface area contributed by atoms with Crippen LogP contribution in [0.3, 0.4) is 0 Å². The minimum Gasteiger partial charge on any atom is -0.330 e. The smallest absolute Gasteiger partial charge is 0.0110 e. The van der Waals surface area contributed by atoms with Gasteiger partial charge in [0.1, 0.15) is 0 Å². The summed E-state index contributed by atoms with van der Waals surface area (Å²) in [6.45, 7) is 16.3. The molecule has 18 heavy (non-hydrogen) atoms. The maximum Gasteiger partial charge on any atom is 0.0110 e. The van der Waals surface area contributed by atoms with E-state index in [1.54, 1.807) is 0 Å². The van der Waals surface area contributed by atoms with E-state index in [0.29, 0.717) is 0 Å². The maximum absolute atomic E-state index is 5.58. The van der Waals surface area contributed by atoms with Gasteiger partial charge in [-0.3, -0.25) is 0 Å². The van der Waals surface area contributed by atoms with E-state index in [0.717, 1.165) is 13.0 Å². The van der Waals surface area contributed by atoms with Crippen LogP contribution in [0.2, 0.25) is 0 Å². The lowest BCUT2D eigenvalue weighted by Gasteiger charge is -2.25. The van der Waals surface area contributed by atoms with E-state index < -0.39 is 0 Å². The molecule has 108 valence electrons. The van der Waals surface area contributed by atoms with E-state index in [9.17, 15) is 0 Å². The Labute approximate surface area is 113 Å². The van der Waals surface area contributed by atoms with Crippen LogP contribution in [-0.2, 0) is 0 Å². The number of likely N-dealkylation sites (N-methyl/N-ethyl adjacent to an activating group) is 1. The number of nitrogens with zero attached hydrogens (tertiary/aromatic N) is 3. The highest BCUT2D eigenvalue weighted by molar-refractivity contribution is 4.71. The highest BCUT2D eigenvalue weighted by Gasteiger charge is 2.14. The molecule has 2 N–H and O–H groups in total. The molecule has 0 unspecified atom stereocenters. The molecule has 1 aliphatic rings. The molecule has 1 aliphatic heterocycles. The third-order valence-corrected chi connectivity index (χ3v) is 3.99. The van der Waals surface area contributed by atoms with Crippen LogP contribution in [0.4, 0.5) is 0 Å². The van der Waals surface area contributed by atoms with Gasteiger partial charge in [0, 0.05) is 26.2 Å². The van der Waals surface area contributed by atoms with E-state index in [-0.39, 0.29) is 0 Å². The minimum atomic E-state index is 0.822. The standard InChI is InChI=1S/C14H32N4/c1-3-16(4-2)11-12-18-10-6-9-17(13-14-18)8-5-7-15/h3-15H2,1-2H3. The minimum absolute atomic E-state index is 0.822. The van der Waals surface area contributed by atoms with Crippen LogP contribution >= 0.6 is 0 Å². The molecule has 0 saturated carbocycles. The molecule has 0 radical (unpaired) electrons. The summed E-state index contributed by atoms with van der Waals surface area (Å²) in [7, 11) is 0. The predicted molar refractivity (Wildman–Crippen MR) is 79.0 cm³/mol. The molecule has 1 fully saturated rings. The van der Waals surface area contributed by atoms with Gasteiger partial charge in [0.15, 0.2) is 0 Å². The molecule has 4 heteroatoms. The first-order chi connectivity index (χ1) is 8.80. The zero-order chi connectivity index (χ0) is 13.2. The van der Waals surface area contributed by atoms with Crippen molar-refractivity contribution in [1.29, 1.82) is 0 Å². The zero-order valence-corrected chi connectivity index (χ0v) is 12.4. The molecular formula is C14H32N4. The van der Waals surface area contributed by atoms with E-state index in [1.165, 1.54) is 65.3 Å². The van der Waals surface area contributed by atoms with Crippen LogP contribution in [-0.4, -0.2) is 80.1 Å². The molecule has 1 saturated heterocycles. The summed E-state index contributed by atoms with van der Waals surface area (Å²) in [4.78, 5) is 7.71. The fourth-order valence-corrected chi connectivity index (χ4v) is 2.61. The average molecular weight is 256 g/mol. The maximum atomic E-state index is 5.58. The van der Waals surface area contributed by atoms with Crippen LogP contribution in [0.1, 0.15) is 26.7 Å². The van der Waals surface area contributed by atoms with Crippen molar-refractivity contribution in [2.45, 2.75) is 26.7 Å². The van der Waals surface area contributed by atoms with E-state index in [2.05, 4.69) is 28.5 Å². The van der Waals surface area contributed by atoms with Crippen molar-refractivity contribution in [3.8, 4) is 0 Å². The summed E-state index contributed by atoms with van der Waals surface area (Å²) in [6.07, 6.45) is 2.45. The van der Waals surface area contributed by atoms with E-state index >= 15 is 0 Å². The Kier molecular flexibility index (Phi) is 8.59. The van der Waals surface area contributed by atoms with Gasteiger partial charge in [-0.2, -0.15) is 0 Å². The number of hydrogen-bond acceptors (Lipinski definition) is 4. The highest BCUT2D eigenvalue weighted by atomic mass is 15.2. The largest absolute Gasteiger partial charge is 0.330 e. The van der Waals surface area contributed by atoms with Crippen LogP contribution in [0, 0.1) is 0 Å². The van der Waals surface area contributed by atoms with Gasteiger partial charge in [-0.1, -0.05) is 13.8 Å². The summed E-state index contributed by atoms with van der Waals surface area (Å²) < 4.78 is 0. The summed E-state index contributed by atoms with van der Waals surface area (Å²) in [5.74, 6) is 0. The molecule has 1 rings (SSSR count). The van der Waals surface area contributed by atoms with Gasteiger partial charge < -0.3 is 20.4 Å². The summed E-state index contributed by atoms with van der Waals surface area (Å²) in [5.41, 5.74) is 5.58. The molecule has 0 aromatic carbocycles. The first-order valence-corrected chi connectivity index (χ1v) is 7.67. The second-order valence-electron chi connectivity index (χ2n) is 5.21. The second-order valence-corrected chi connectivity index (χ2v) is 5.21. The average Bonchev–Trinajstić information content (AvgIpc) is 2.63. The quantitative estimate of drug-likeness (QED) is 0.693. The van der Waals surface area contributed by atoms with Crippen LogP contribution in [0.5, 0.6) is 0 Å². The Morgan fingerprint density at radius 2 is 1.56 bits per heavy atom. The Morgan fingerprint density at radius 1 is 0.944 bits per heavy atom. The fourth-order valence-electron chi connectivity index (χ4n) is 2.61. The van der Waals surface area contributed by atoms with Gasteiger partial charge in [0.05, 0.1) is 0 Å². The van der Waals surface area contributed by atoms with Crippen molar-refractivity contribution in [1.82, 2.24) is 14.7 Å². The Bertz CT molecular complexity index is 194. The van der Waals surface area contributed by atoms with E-state index in [1.807, 2.05) is 0 Å². The van der Waals surface area contributed by atoms with Crippen LogP contribution < -0.4 is 5.73 Å². The number of hydrogen-bond donors (Lipinski definition) is 1. The third-order valence-electron chi connectivity index (χ3n) is 3.99. The van der Waals surface area contributed by atoms with Gasteiger partial charge in [-0.15, -0.1) is 0 Å².